The molecule has 0 aromatic carbocycles. The number of aryl methyl sites for hydroxylation is 2. The van der Waals surface area contributed by atoms with Gasteiger partial charge in [-0.15, -0.1) is 0 Å². The van der Waals surface area contributed by atoms with Crippen LogP contribution in [0.2, 0.25) is 0 Å². The first-order chi connectivity index (χ1) is 9.06. The number of nitrogens with zero attached hydrogens (tertiary/aromatic N) is 3. The highest BCUT2D eigenvalue weighted by Crippen LogP contribution is 2.19. The lowest BCUT2D eigenvalue weighted by Crippen LogP contribution is -2.40. The molecule has 2 heterocycles. The van der Waals surface area contributed by atoms with Crippen molar-refractivity contribution < 1.29 is 0 Å². The fourth-order valence-electron chi connectivity index (χ4n) is 2.69. The van der Waals surface area contributed by atoms with Crippen LogP contribution in [-0.4, -0.2) is 35.6 Å². The molecule has 1 atom stereocenters. The summed E-state index contributed by atoms with van der Waals surface area (Å²) in [5.41, 5.74) is 2.03. The largest absolute Gasteiger partial charge is 0.353 e. The summed E-state index contributed by atoms with van der Waals surface area (Å²) in [6.07, 6.45) is 4.41. The first-order valence-electron chi connectivity index (χ1n) is 7.35. The highest BCUT2D eigenvalue weighted by Gasteiger charge is 2.21. The molecule has 1 fully saturated rings. The molecule has 1 aliphatic rings. The molecule has 1 aliphatic heterocycles. The Balaban J connectivity index is 2.17. The van der Waals surface area contributed by atoms with Gasteiger partial charge in [-0.1, -0.05) is 13.8 Å². The molecule has 1 aromatic rings. The second kappa shape index (κ2) is 6.33. The van der Waals surface area contributed by atoms with Crippen LogP contribution in [0.1, 0.15) is 38.1 Å². The third-order valence-electron chi connectivity index (χ3n) is 3.54. The van der Waals surface area contributed by atoms with E-state index in [0.717, 1.165) is 36.8 Å². The zero-order valence-electron chi connectivity index (χ0n) is 12.6. The van der Waals surface area contributed by atoms with Crippen LogP contribution in [0.5, 0.6) is 0 Å². The number of nitrogens with one attached hydrogen (secondary N) is 1. The fourth-order valence-corrected chi connectivity index (χ4v) is 2.69. The van der Waals surface area contributed by atoms with Crippen molar-refractivity contribution >= 4 is 5.82 Å². The summed E-state index contributed by atoms with van der Waals surface area (Å²) in [4.78, 5) is 11.6. The molecule has 4 nitrogen and oxygen atoms in total. The van der Waals surface area contributed by atoms with Gasteiger partial charge in [0.25, 0.3) is 0 Å². The second-order valence-electron chi connectivity index (χ2n) is 6.01. The molecule has 0 bridgehead atoms. The third-order valence-corrected chi connectivity index (χ3v) is 3.54. The highest BCUT2D eigenvalue weighted by atomic mass is 15.2. The predicted molar refractivity (Wildman–Crippen MR) is 79.6 cm³/mol. The van der Waals surface area contributed by atoms with Crippen molar-refractivity contribution in [2.45, 2.75) is 46.6 Å². The number of aromatic nitrogens is 2. The lowest BCUT2D eigenvalue weighted by atomic mass is 10.1. The van der Waals surface area contributed by atoms with E-state index in [1.807, 2.05) is 13.1 Å². The van der Waals surface area contributed by atoms with Crippen LogP contribution in [0.25, 0.3) is 0 Å². The Morgan fingerprint density at radius 1 is 1.42 bits per heavy atom. The maximum absolute atomic E-state index is 4.70. The van der Waals surface area contributed by atoms with Gasteiger partial charge in [0, 0.05) is 25.3 Å². The molecule has 4 heteroatoms. The summed E-state index contributed by atoms with van der Waals surface area (Å²) in [5.74, 6) is 1.69. The van der Waals surface area contributed by atoms with Crippen LogP contribution < -0.4 is 10.2 Å². The van der Waals surface area contributed by atoms with Gasteiger partial charge in [0.05, 0.1) is 11.4 Å². The Morgan fingerprint density at radius 3 is 2.84 bits per heavy atom. The first-order valence-corrected chi connectivity index (χ1v) is 7.35. The number of hydrogen-bond donors (Lipinski definition) is 1. The minimum Gasteiger partial charge on any atom is -0.353 e. The average Bonchev–Trinajstić information content (AvgIpc) is 2.84. The molecule has 1 N–H and O–H groups in total. The summed E-state index contributed by atoms with van der Waals surface area (Å²) in [5, 5.41) is 3.57. The van der Waals surface area contributed by atoms with E-state index in [4.69, 9.17) is 4.98 Å². The molecular formula is C15H26N4. The van der Waals surface area contributed by atoms with E-state index >= 15 is 0 Å². The highest BCUT2D eigenvalue weighted by molar-refractivity contribution is 5.43. The number of anilines is 1. The Bertz CT molecular complexity index is 411. The van der Waals surface area contributed by atoms with Crippen LogP contribution in [0, 0.1) is 19.8 Å². The van der Waals surface area contributed by atoms with E-state index in [9.17, 15) is 0 Å². The molecule has 0 amide bonds. The monoisotopic (exact) mass is 262 g/mol. The van der Waals surface area contributed by atoms with Gasteiger partial charge in [-0.2, -0.15) is 0 Å². The van der Waals surface area contributed by atoms with Crippen molar-refractivity contribution in [3.05, 3.63) is 17.6 Å². The summed E-state index contributed by atoms with van der Waals surface area (Å²) < 4.78 is 0. The van der Waals surface area contributed by atoms with E-state index in [1.165, 1.54) is 12.8 Å². The van der Waals surface area contributed by atoms with Gasteiger partial charge in [0.1, 0.15) is 5.82 Å². The van der Waals surface area contributed by atoms with Gasteiger partial charge in [0.2, 0.25) is 0 Å². The van der Waals surface area contributed by atoms with Gasteiger partial charge in [-0.3, -0.25) is 4.98 Å². The van der Waals surface area contributed by atoms with Crippen molar-refractivity contribution in [2.75, 3.05) is 24.5 Å². The molecule has 0 saturated carbocycles. The Labute approximate surface area is 116 Å². The summed E-state index contributed by atoms with van der Waals surface area (Å²) in [6, 6.07) is 0.598. The van der Waals surface area contributed by atoms with E-state index in [1.54, 1.807) is 0 Å². The smallest absolute Gasteiger partial charge is 0.150 e. The fraction of sp³-hybridized carbons (Fsp3) is 0.733. The van der Waals surface area contributed by atoms with Gasteiger partial charge < -0.3 is 10.2 Å². The first kappa shape index (κ1) is 14.3. The van der Waals surface area contributed by atoms with Crippen LogP contribution in [0.15, 0.2) is 6.20 Å². The minimum atomic E-state index is 0.598. The SMILES string of the molecule is Cc1cnc(C)c(N(CC(C)C)CC2CCCN2)n1. The topological polar surface area (TPSA) is 41.1 Å². The van der Waals surface area contributed by atoms with Crippen LogP contribution in [0.3, 0.4) is 0 Å². The number of rotatable bonds is 5. The van der Waals surface area contributed by atoms with Crippen LogP contribution >= 0.6 is 0 Å². The van der Waals surface area contributed by atoms with E-state index in [-0.39, 0.29) is 0 Å². The molecular weight excluding hydrogens is 236 g/mol. The Hall–Kier alpha value is -1.16. The van der Waals surface area contributed by atoms with Crippen molar-refractivity contribution in [1.82, 2.24) is 15.3 Å². The summed E-state index contributed by atoms with van der Waals surface area (Å²) in [6.45, 7) is 11.8. The van der Waals surface area contributed by atoms with Gasteiger partial charge >= 0.3 is 0 Å². The lowest BCUT2D eigenvalue weighted by Gasteiger charge is -2.29. The van der Waals surface area contributed by atoms with E-state index < -0.39 is 0 Å². The van der Waals surface area contributed by atoms with Crippen molar-refractivity contribution in [3.8, 4) is 0 Å². The van der Waals surface area contributed by atoms with Gasteiger partial charge in [-0.05, 0) is 39.2 Å². The molecule has 0 aliphatic carbocycles. The Kier molecular flexibility index (Phi) is 4.75. The third kappa shape index (κ3) is 3.90. The van der Waals surface area contributed by atoms with Crippen molar-refractivity contribution in [2.24, 2.45) is 5.92 Å². The van der Waals surface area contributed by atoms with Crippen LogP contribution in [-0.2, 0) is 0 Å². The molecule has 19 heavy (non-hydrogen) atoms. The zero-order chi connectivity index (χ0) is 13.8. The van der Waals surface area contributed by atoms with Gasteiger partial charge in [-0.25, -0.2) is 4.98 Å². The molecule has 1 unspecified atom stereocenters. The molecule has 1 aromatic heterocycles. The normalized spacial score (nSPS) is 19.1. The summed E-state index contributed by atoms with van der Waals surface area (Å²) in [7, 11) is 0. The predicted octanol–water partition coefficient (Wildman–Crippen LogP) is 2.31. The van der Waals surface area contributed by atoms with Crippen LogP contribution in [0.4, 0.5) is 5.82 Å². The standard InChI is InChI=1S/C15H26N4/c1-11(2)9-19(10-14-6-5-7-16-14)15-13(4)17-8-12(3)18-15/h8,11,14,16H,5-7,9-10H2,1-4H3. The zero-order valence-corrected chi connectivity index (χ0v) is 12.6. The van der Waals surface area contributed by atoms with E-state index in [2.05, 4.69) is 36.0 Å². The van der Waals surface area contributed by atoms with E-state index in [0.29, 0.717) is 12.0 Å². The molecule has 0 radical (unpaired) electrons. The lowest BCUT2D eigenvalue weighted by molar-refractivity contribution is 0.536. The maximum atomic E-state index is 4.70. The maximum Gasteiger partial charge on any atom is 0.150 e. The Morgan fingerprint density at radius 2 is 2.21 bits per heavy atom. The second-order valence-corrected chi connectivity index (χ2v) is 6.01. The van der Waals surface area contributed by atoms with Crippen molar-refractivity contribution in [1.29, 1.82) is 0 Å². The molecule has 2 rings (SSSR count). The molecule has 106 valence electrons. The molecule has 1 saturated heterocycles. The minimum absolute atomic E-state index is 0.598. The number of hydrogen-bond acceptors (Lipinski definition) is 4. The van der Waals surface area contributed by atoms with Crippen molar-refractivity contribution in [3.63, 3.8) is 0 Å². The van der Waals surface area contributed by atoms with Gasteiger partial charge in [0.15, 0.2) is 0 Å². The quantitative estimate of drug-likeness (QED) is 0.884. The molecule has 0 spiro atoms. The average molecular weight is 262 g/mol. The summed E-state index contributed by atoms with van der Waals surface area (Å²) >= 11 is 0.